The second kappa shape index (κ2) is 5.21. The van der Waals surface area contributed by atoms with E-state index in [0.29, 0.717) is 30.9 Å². The van der Waals surface area contributed by atoms with Gasteiger partial charge in [-0.05, 0) is 19.1 Å². The summed E-state index contributed by atoms with van der Waals surface area (Å²) in [6.07, 6.45) is 0.438. The van der Waals surface area contributed by atoms with Gasteiger partial charge in [-0.3, -0.25) is 9.59 Å². The summed E-state index contributed by atoms with van der Waals surface area (Å²) in [5.74, 6) is 0.543. The standard InChI is InChI=1S/C14H17NO3/c1-3-12(16)10(2)15-8-9-18-13-7-5-4-6-11(13)14(15)17/h4-7,10H,3,8-9H2,1-2H3. The highest BCUT2D eigenvalue weighted by Crippen LogP contribution is 2.23. The number of Topliss-reactive ketones (excluding diaryl/α,β-unsaturated/α-hetero) is 1. The zero-order chi connectivity index (χ0) is 13.1. The molecule has 4 nitrogen and oxygen atoms in total. The maximum absolute atomic E-state index is 12.4. The van der Waals surface area contributed by atoms with Crippen LogP contribution >= 0.6 is 0 Å². The second-order valence-corrected chi connectivity index (χ2v) is 4.34. The van der Waals surface area contributed by atoms with Crippen molar-refractivity contribution in [3.63, 3.8) is 0 Å². The van der Waals surface area contributed by atoms with Crippen molar-refractivity contribution in [1.29, 1.82) is 0 Å². The first-order chi connectivity index (χ1) is 8.65. The van der Waals surface area contributed by atoms with Crippen LogP contribution in [-0.4, -0.2) is 35.8 Å². The van der Waals surface area contributed by atoms with Crippen LogP contribution in [0.5, 0.6) is 5.75 Å². The molecule has 1 amide bonds. The summed E-state index contributed by atoms with van der Waals surface area (Å²) >= 11 is 0. The Kier molecular flexibility index (Phi) is 3.65. The molecule has 1 aliphatic rings. The van der Waals surface area contributed by atoms with Gasteiger partial charge in [0.05, 0.1) is 18.2 Å². The molecule has 1 atom stereocenters. The highest BCUT2D eigenvalue weighted by Gasteiger charge is 2.29. The Labute approximate surface area is 107 Å². The van der Waals surface area contributed by atoms with Gasteiger partial charge in [-0.1, -0.05) is 19.1 Å². The topological polar surface area (TPSA) is 46.6 Å². The van der Waals surface area contributed by atoms with E-state index < -0.39 is 6.04 Å². The van der Waals surface area contributed by atoms with E-state index in [2.05, 4.69) is 0 Å². The number of ketones is 1. The van der Waals surface area contributed by atoms with E-state index in [0.717, 1.165) is 0 Å². The van der Waals surface area contributed by atoms with Crippen molar-refractivity contribution < 1.29 is 14.3 Å². The minimum absolute atomic E-state index is 0.0720. The molecular formula is C14H17NO3. The number of hydrogen-bond acceptors (Lipinski definition) is 3. The molecule has 0 spiro atoms. The molecule has 1 unspecified atom stereocenters. The number of fused-ring (bicyclic) bond motifs is 1. The molecule has 1 aromatic carbocycles. The van der Waals surface area contributed by atoms with Crippen LogP contribution in [0.15, 0.2) is 24.3 Å². The summed E-state index contributed by atoms with van der Waals surface area (Å²) in [5.41, 5.74) is 0.533. The lowest BCUT2D eigenvalue weighted by atomic mass is 10.1. The van der Waals surface area contributed by atoms with Crippen LogP contribution in [0.4, 0.5) is 0 Å². The first-order valence-electron chi connectivity index (χ1n) is 6.20. The van der Waals surface area contributed by atoms with E-state index in [1.807, 2.05) is 13.0 Å². The second-order valence-electron chi connectivity index (χ2n) is 4.34. The van der Waals surface area contributed by atoms with Gasteiger partial charge in [0.2, 0.25) is 0 Å². The third-order valence-electron chi connectivity index (χ3n) is 3.25. The van der Waals surface area contributed by atoms with Crippen LogP contribution < -0.4 is 4.74 Å². The zero-order valence-corrected chi connectivity index (χ0v) is 10.7. The highest BCUT2D eigenvalue weighted by atomic mass is 16.5. The van der Waals surface area contributed by atoms with Gasteiger partial charge in [0, 0.05) is 6.42 Å². The third-order valence-corrected chi connectivity index (χ3v) is 3.25. The molecule has 0 fully saturated rings. The maximum atomic E-state index is 12.4. The molecule has 0 bridgehead atoms. The molecular weight excluding hydrogens is 230 g/mol. The van der Waals surface area contributed by atoms with Crippen LogP contribution in [0.25, 0.3) is 0 Å². The lowest BCUT2D eigenvalue weighted by Crippen LogP contribution is -2.44. The van der Waals surface area contributed by atoms with E-state index in [9.17, 15) is 9.59 Å². The maximum Gasteiger partial charge on any atom is 0.258 e. The number of benzene rings is 1. The fourth-order valence-corrected chi connectivity index (χ4v) is 2.12. The van der Waals surface area contributed by atoms with Gasteiger partial charge in [0.25, 0.3) is 5.91 Å². The minimum Gasteiger partial charge on any atom is -0.491 e. The van der Waals surface area contributed by atoms with Gasteiger partial charge in [0.1, 0.15) is 12.4 Å². The van der Waals surface area contributed by atoms with Crippen LogP contribution in [0, 0.1) is 0 Å². The molecule has 18 heavy (non-hydrogen) atoms. The molecule has 4 heteroatoms. The SMILES string of the molecule is CCC(=O)C(C)N1CCOc2ccccc2C1=O. The van der Waals surface area contributed by atoms with Gasteiger partial charge in [-0.15, -0.1) is 0 Å². The summed E-state index contributed by atoms with van der Waals surface area (Å²) in [6, 6.07) is 6.76. The molecule has 0 saturated heterocycles. The summed E-state index contributed by atoms with van der Waals surface area (Å²) in [6.45, 7) is 4.45. The van der Waals surface area contributed by atoms with Gasteiger partial charge in [-0.2, -0.15) is 0 Å². The quantitative estimate of drug-likeness (QED) is 0.819. The lowest BCUT2D eigenvalue weighted by Gasteiger charge is -2.26. The van der Waals surface area contributed by atoms with Crippen molar-refractivity contribution in [2.24, 2.45) is 0 Å². The average Bonchev–Trinajstić information content (AvgIpc) is 2.57. The number of amides is 1. The first-order valence-corrected chi connectivity index (χ1v) is 6.20. The van der Waals surface area contributed by atoms with Crippen LogP contribution in [-0.2, 0) is 4.79 Å². The van der Waals surface area contributed by atoms with Crippen LogP contribution in [0.3, 0.4) is 0 Å². The molecule has 0 saturated carbocycles. The van der Waals surface area contributed by atoms with Gasteiger partial charge in [0.15, 0.2) is 5.78 Å². The minimum atomic E-state index is -0.391. The Balaban J connectivity index is 2.30. The van der Waals surface area contributed by atoms with Crippen molar-refractivity contribution in [2.45, 2.75) is 26.3 Å². The summed E-state index contributed by atoms with van der Waals surface area (Å²) < 4.78 is 5.54. The molecule has 0 aromatic heterocycles. The fourth-order valence-electron chi connectivity index (χ4n) is 2.12. The Morgan fingerprint density at radius 3 is 2.89 bits per heavy atom. The van der Waals surface area contributed by atoms with Crippen molar-refractivity contribution in [3.05, 3.63) is 29.8 Å². The summed E-state index contributed by atoms with van der Waals surface area (Å²) in [5, 5.41) is 0. The predicted octanol–water partition coefficient (Wildman–Crippen LogP) is 1.89. The summed E-state index contributed by atoms with van der Waals surface area (Å²) in [7, 11) is 0. The fraction of sp³-hybridized carbons (Fsp3) is 0.429. The number of ether oxygens (including phenoxy) is 1. The van der Waals surface area contributed by atoms with Crippen molar-refractivity contribution in [3.8, 4) is 5.75 Å². The third kappa shape index (κ3) is 2.23. The number of carbonyl (C=O) groups is 2. The Morgan fingerprint density at radius 1 is 1.44 bits per heavy atom. The number of nitrogens with zero attached hydrogens (tertiary/aromatic N) is 1. The van der Waals surface area contributed by atoms with Crippen molar-refractivity contribution >= 4 is 11.7 Å². The van der Waals surface area contributed by atoms with Crippen molar-refractivity contribution in [1.82, 2.24) is 4.90 Å². The molecule has 0 aliphatic carbocycles. The molecule has 1 aliphatic heterocycles. The van der Waals surface area contributed by atoms with Gasteiger partial charge in [-0.25, -0.2) is 0 Å². The first kappa shape index (κ1) is 12.6. The van der Waals surface area contributed by atoms with Crippen molar-refractivity contribution in [2.75, 3.05) is 13.2 Å². The summed E-state index contributed by atoms with van der Waals surface area (Å²) in [4.78, 5) is 25.7. The van der Waals surface area contributed by atoms with Crippen LogP contribution in [0.1, 0.15) is 30.6 Å². The number of para-hydroxylation sites is 1. The van der Waals surface area contributed by atoms with E-state index in [1.165, 1.54) is 0 Å². The normalized spacial score (nSPS) is 16.6. The van der Waals surface area contributed by atoms with E-state index in [-0.39, 0.29) is 11.7 Å². The Morgan fingerprint density at radius 2 is 2.17 bits per heavy atom. The Hall–Kier alpha value is -1.84. The molecule has 2 rings (SSSR count). The Bertz CT molecular complexity index is 470. The lowest BCUT2D eigenvalue weighted by molar-refractivity contribution is -0.122. The van der Waals surface area contributed by atoms with Crippen LogP contribution in [0.2, 0.25) is 0 Å². The largest absolute Gasteiger partial charge is 0.491 e. The molecule has 0 N–H and O–H groups in total. The predicted molar refractivity (Wildman–Crippen MR) is 67.7 cm³/mol. The molecule has 1 heterocycles. The van der Waals surface area contributed by atoms with Gasteiger partial charge >= 0.3 is 0 Å². The number of hydrogen-bond donors (Lipinski definition) is 0. The molecule has 1 aromatic rings. The zero-order valence-electron chi connectivity index (χ0n) is 10.7. The number of rotatable bonds is 3. The number of carbonyl (C=O) groups excluding carboxylic acids is 2. The average molecular weight is 247 g/mol. The van der Waals surface area contributed by atoms with Gasteiger partial charge < -0.3 is 9.64 Å². The highest BCUT2D eigenvalue weighted by molar-refractivity contribution is 6.00. The molecule has 96 valence electrons. The van der Waals surface area contributed by atoms with E-state index in [4.69, 9.17) is 4.74 Å². The van der Waals surface area contributed by atoms with E-state index in [1.54, 1.807) is 30.0 Å². The molecule has 0 radical (unpaired) electrons. The monoisotopic (exact) mass is 247 g/mol. The van der Waals surface area contributed by atoms with E-state index >= 15 is 0 Å². The smallest absolute Gasteiger partial charge is 0.258 e.